The summed E-state index contributed by atoms with van der Waals surface area (Å²) in [6.07, 6.45) is 6.13. The molecule has 2 aromatic heterocycles. The van der Waals surface area contributed by atoms with Gasteiger partial charge in [-0.15, -0.1) is 20.4 Å². The Morgan fingerprint density at radius 3 is 2.76 bits per heavy atom. The minimum Gasteiger partial charge on any atom is -0.485 e. The van der Waals surface area contributed by atoms with Crippen LogP contribution in [-0.4, -0.2) is 36.6 Å². The van der Waals surface area contributed by atoms with Gasteiger partial charge in [-0.25, -0.2) is 0 Å². The molecule has 1 aliphatic carbocycles. The van der Waals surface area contributed by atoms with Crippen molar-refractivity contribution in [1.82, 2.24) is 25.0 Å². The van der Waals surface area contributed by atoms with Gasteiger partial charge in [0.1, 0.15) is 17.4 Å². The van der Waals surface area contributed by atoms with E-state index in [4.69, 9.17) is 4.74 Å². The van der Waals surface area contributed by atoms with Gasteiger partial charge in [0.05, 0.1) is 5.75 Å². The number of benzene rings is 1. The van der Waals surface area contributed by atoms with Crippen LogP contribution in [0.2, 0.25) is 0 Å². The van der Waals surface area contributed by atoms with E-state index in [1.807, 2.05) is 30.5 Å². The quantitative estimate of drug-likeness (QED) is 0.419. The fourth-order valence-electron chi connectivity index (χ4n) is 4.04. The van der Waals surface area contributed by atoms with Crippen molar-refractivity contribution in [2.75, 3.05) is 11.1 Å². The predicted octanol–water partition coefficient (Wildman–Crippen LogP) is 5.12. The molecule has 1 fully saturated rings. The highest BCUT2D eigenvalue weighted by atomic mass is 32.2. The summed E-state index contributed by atoms with van der Waals surface area (Å²) in [7, 11) is 0. The smallest absolute Gasteiger partial charge is 0.236 e. The monoisotopic (exact) mass is 486 g/mol. The van der Waals surface area contributed by atoms with Crippen molar-refractivity contribution >= 4 is 34.1 Å². The van der Waals surface area contributed by atoms with Gasteiger partial charge in [-0.3, -0.25) is 10.1 Å². The molecule has 3 aromatic rings. The lowest BCUT2D eigenvalue weighted by Crippen LogP contribution is -2.14. The summed E-state index contributed by atoms with van der Waals surface area (Å²) < 4.78 is 7.94. The first-order valence-electron chi connectivity index (χ1n) is 11.4. The minimum atomic E-state index is -0.120. The molecule has 0 aliphatic heterocycles. The molecule has 0 saturated heterocycles. The van der Waals surface area contributed by atoms with Crippen LogP contribution >= 0.6 is 23.1 Å². The fourth-order valence-corrected chi connectivity index (χ4v) is 5.79. The molecule has 1 amide bonds. The van der Waals surface area contributed by atoms with Crippen molar-refractivity contribution in [2.45, 2.75) is 77.1 Å². The zero-order valence-corrected chi connectivity index (χ0v) is 21.0. The van der Waals surface area contributed by atoms with Gasteiger partial charge >= 0.3 is 0 Å². The lowest BCUT2D eigenvalue weighted by Gasteiger charge is -2.18. The number of nitrogens with zero attached hydrogens (tertiary/aromatic N) is 5. The Morgan fingerprint density at radius 1 is 1.18 bits per heavy atom. The third kappa shape index (κ3) is 6.11. The lowest BCUT2D eigenvalue weighted by atomic mass is 9.90. The van der Waals surface area contributed by atoms with Gasteiger partial charge in [0.15, 0.2) is 11.0 Å². The van der Waals surface area contributed by atoms with Crippen LogP contribution in [-0.2, 0) is 17.9 Å². The molecule has 0 radical (unpaired) electrons. The average molecular weight is 487 g/mol. The lowest BCUT2D eigenvalue weighted by molar-refractivity contribution is -0.113. The van der Waals surface area contributed by atoms with Crippen LogP contribution in [0, 0.1) is 13.8 Å². The van der Waals surface area contributed by atoms with Crippen LogP contribution < -0.4 is 10.1 Å². The number of aromatic nitrogens is 5. The molecule has 1 aromatic carbocycles. The van der Waals surface area contributed by atoms with Crippen LogP contribution in [0.3, 0.4) is 0 Å². The van der Waals surface area contributed by atoms with Gasteiger partial charge in [-0.05, 0) is 45.2 Å². The van der Waals surface area contributed by atoms with E-state index in [1.165, 1.54) is 60.8 Å². The van der Waals surface area contributed by atoms with E-state index >= 15 is 0 Å². The van der Waals surface area contributed by atoms with Crippen LogP contribution in [0.1, 0.15) is 66.9 Å². The Labute approximate surface area is 202 Å². The summed E-state index contributed by atoms with van der Waals surface area (Å²) in [4.78, 5) is 12.5. The third-order valence-electron chi connectivity index (χ3n) is 5.77. The van der Waals surface area contributed by atoms with E-state index in [2.05, 4.69) is 38.7 Å². The number of aryl methyl sites for hydroxylation is 2. The SMILES string of the molecule is CCn1c(COc2ccc(C)cc2C)nnc1SCC(=O)Nc1nnc(C2CCCCC2)s1. The second-order valence-corrected chi connectivity index (χ2v) is 10.3. The van der Waals surface area contributed by atoms with Gasteiger partial charge in [-0.1, -0.05) is 60.1 Å². The summed E-state index contributed by atoms with van der Waals surface area (Å²) in [5.41, 5.74) is 2.29. The van der Waals surface area contributed by atoms with Crippen LogP contribution in [0.4, 0.5) is 5.13 Å². The summed E-state index contributed by atoms with van der Waals surface area (Å²) in [6.45, 7) is 7.14. The maximum atomic E-state index is 12.5. The number of hydrogen-bond acceptors (Lipinski definition) is 8. The Balaban J connectivity index is 1.30. The zero-order chi connectivity index (χ0) is 23.2. The first-order chi connectivity index (χ1) is 16.0. The first kappa shape index (κ1) is 23.7. The average Bonchev–Trinajstić information content (AvgIpc) is 3.44. The molecule has 0 spiro atoms. The number of anilines is 1. The molecule has 0 unspecified atom stereocenters. The molecule has 2 heterocycles. The normalized spacial score (nSPS) is 14.4. The second-order valence-electron chi connectivity index (χ2n) is 8.32. The Morgan fingerprint density at radius 2 is 2.00 bits per heavy atom. The maximum Gasteiger partial charge on any atom is 0.236 e. The van der Waals surface area contributed by atoms with Crippen molar-refractivity contribution in [3.05, 3.63) is 40.2 Å². The van der Waals surface area contributed by atoms with Crippen molar-refractivity contribution in [3.8, 4) is 5.75 Å². The van der Waals surface area contributed by atoms with Gasteiger partial charge < -0.3 is 9.30 Å². The molecule has 33 heavy (non-hydrogen) atoms. The number of nitrogens with one attached hydrogen (secondary N) is 1. The molecule has 176 valence electrons. The molecule has 0 bridgehead atoms. The predicted molar refractivity (Wildman–Crippen MR) is 131 cm³/mol. The molecule has 1 saturated carbocycles. The summed E-state index contributed by atoms with van der Waals surface area (Å²) >= 11 is 2.85. The molecule has 1 aliphatic rings. The number of carbonyl (C=O) groups is 1. The van der Waals surface area contributed by atoms with E-state index in [-0.39, 0.29) is 11.7 Å². The zero-order valence-electron chi connectivity index (χ0n) is 19.3. The van der Waals surface area contributed by atoms with E-state index < -0.39 is 0 Å². The molecular formula is C23H30N6O2S2. The van der Waals surface area contributed by atoms with Crippen molar-refractivity contribution in [2.24, 2.45) is 0 Å². The number of thioether (sulfide) groups is 1. The highest BCUT2D eigenvalue weighted by molar-refractivity contribution is 7.99. The van der Waals surface area contributed by atoms with Crippen molar-refractivity contribution in [1.29, 1.82) is 0 Å². The highest BCUT2D eigenvalue weighted by Crippen LogP contribution is 2.35. The number of hydrogen-bond donors (Lipinski definition) is 1. The third-order valence-corrected chi connectivity index (χ3v) is 7.74. The standard InChI is InChI=1S/C23H30N6O2S2/c1-4-29-19(13-31-18-11-10-15(2)12-16(18)3)25-28-23(29)32-14-20(30)24-22-27-26-21(33-22)17-8-6-5-7-9-17/h10-12,17H,4-9,13-14H2,1-3H3,(H,24,27,30). The largest absolute Gasteiger partial charge is 0.485 e. The van der Waals surface area contributed by atoms with E-state index in [9.17, 15) is 4.79 Å². The van der Waals surface area contributed by atoms with Gasteiger partial charge in [-0.2, -0.15) is 0 Å². The van der Waals surface area contributed by atoms with Crippen molar-refractivity contribution in [3.63, 3.8) is 0 Å². The van der Waals surface area contributed by atoms with Gasteiger partial charge in [0, 0.05) is 12.5 Å². The summed E-state index contributed by atoms with van der Waals surface area (Å²) in [6, 6.07) is 6.10. The number of ether oxygens (including phenoxy) is 1. The fraction of sp³-hybridized carbons (Fsp3) is 0.522. The van der Waals surface area contributed by atoms with Crippen LogP contribution in [0.25, 0.3) is 0 Å². The van der Waals surface area contributed by atoms with Gasteiger partial charge in [0.25, 0.3) is 0 Å². The summed E-state index contributed by atoms with van der Waals surface area (Å²) in [5, 5.41) is 22.2. The molecule has 4 rings (SSSR count). The van der Waals surface area contributed by atoms with Crippen LogP contribution in [0.15, 0.2) is 23.4 Å². The molecule has 1 N–H and O–H groups in total. The Kier molecular flexibility index (Phi) is 7.97. The topological polar surface area (TPSA) is 94.8 Å². The Bertz CT molecular complexity index is 1090. The Hall–Kier alpha value is -2.46. The maximum absolute atomic E-state index is 12.5. The second kappa shape index (κ2) is 11.1. The number of carbonyl (C=O) groups excluding carboxylic acids is 1. The highest BCUT2D eigenvalue weighted by Gasteiger charge is 2.20. The van der Waals surface area contributed by atoms with E-state index in [0.29, 0.717) is 29.4 Å². The van der Waals surface area contributed by atoms with Crippen LogP contribution in [0.5, 0.6) is 5.75 Å². The number of amides is 1. The minimum absolute atomic E-state index is 0.120. The van der Waals surface area contributed by atoms with E-state index in [1.54, 1.807) is 0 Å². The molecule has 0 atom stereocenters. The summed E-state index contributed by atoms with van der Waals surface area (Å²) in [5.74, 6) is 2.17. The molecule has 10 heteroatoms. The van der Waals surface area contributed by atoms with Gasteiger partial charge in [0.2, 0.25) is 11.0 Å². The van der Waals surface area contributed by atoms with E-state index in [0.717, 1.165) is 22.1 Å². The number of rotatable bonds is 9. The first-order valence-corrected chi connectivity index (χ1v) is 13.2. The van der Waals surface area contributed by atoms with Crippen molar-refractivity contribution < 1.29 is 9.53 Å². The molecule has 8 nitrogen and oxygen atoms in total. The molecular weight excluding hydrogens is 456 g/mol.